The molecule has 0 aliphatic carbocycles. The quantitative estimate of drug-likeness (QED) is 0.566. The molecular weight excluding hydrogens is 390 g/mol. The average molecular weight is 416 g/mol. The van der Waals surface area contributed by atoms with Crippen molar-refractivity contribution in [3.8, 4) is 11.5 Å². The average Bonchev–Trinajstić information content (AvgIpc) is 2.71. The number of carbonyl (C=O) groups excluding carboxylic acids is 2. The molecule has 29 heavy (non-hydrogen) atoms. The van der Waals surface area contributed by atoms with Gasteiger partial charge in [-0.15, -0.1) is 0 Å². The van der Waals surface area contributed by atoms with E-state index in [-0.39, 0.29) is 11.0 Å². The highest BCUT2D eigenvalue weighted by atomic mass is 32.1. The summed E-state index contributed by atoms with van der Waals surface area (Å²) in [5.74, 6) is 0.565. The van der Waals surface area contributed by atoms with Gasteiger partial charge in [0.15, 0.2) is 5.11 Å². The van der Waals surface area contributed by atoms with Crippen LogP contribution in [0.1, 0.15) is 36.5 Å². The van der Waals surface area contributed by atoms with E-state index in [0.29, 0.717) is 34.9 Å². The van der Waals surface area contributed by atoms with Crippen molar-refractivity contribution >= 4 is 40.5 Å². The number of amides is 2. The summed E-state index contributed by atoms with van der Waals surface area (Å²) in [5, 5.41) is 8.54. The van der Waals surface area contributed by atoms with Gasteiger partial charge in [-0.2, -0.15) is 0 Å². The molecule has 0 aliphatic heterocycles. The first-order chi connectivity index (χ1) is 13.9. The van der Waals surface area contributed by atoms with Gasteiger partial charge in [0, 0.05) is 29.4 Å². The summed E-state index contributed by atoms with van der Waals surface area (Å²) in [6, 6.07) is 12.0. The Hall–Kier alpha value is -3.13. The molecule has 0 aromatic heterocycles. The van der Waals surface area contributed by atoms with E-state index in [9.17, 15) is 9.59 Å². The lowest BCUT2D eigenvalue weighted by atomic mass is 10.2. The molecule has 0 radical (unpaired) electrons. The van der Waals surface area contributed by atoms with Gasteiger partial charge < -0.3 is 20.1 Å². The van der Waals surface area contributed by atoms with E-state index >= 15 is 0 Å². The predicted octanol–water partition coefficient (Wildman–Crippen LogP) is 3.96. The van der Waals surface area contributed by atoms with Crippen molar-refractivity contribution in [2.24, 2.45) is 0 Å². The zero-order valence-electron chi connectivity index (χ0n) is 16.7. The van der Waals surface area contributed by atoms with E-state index in [2.05, 4.69) is 16.0 Å². The number of methoxy groups -OCH3 is 2. The van der Waals surface area contributed by atoms with Crippen molar-refractivity contribution in [2.45, 2.75) is 26.2 Å². The summed E-state index contributed by atoms with van der Waals surface area (Å²) >= 11 is 5.23. The first-order valence-corrected chi connectivity index (χ1v) is 9.61. The fourth-order valence-corrected chi connectivity index (χ4v) is 2.72. The third kappa shape index (κ3) is 7.08. The Bertz CT molecular complexity index is 864. The highest BCUT2D eigenvalue weighted by Gasteiger charge is 2.12. The summed E-state index contributed by atoms with van der Waals surface area (Å²) in [7, 11) is 3.02. The van der Waals surface area contributed by atoms with Crippen LogP contribution in [0.4, 0.5) is 11.4 Å². The molecule has 2 rings (SSSR count). The minimum atomic E-state index is -0.399. The van der Waals surface area contributed by atoms with Crippen molar-refractivity contribution in [3.63, 3.8) is 0 Å². The Morgan fingerprint density at radius 3 is 2.17 bits per heavy atom. The predicted molar refractivity (Wildman–Crippen MR) is 118 cm³/mol. The minimum Gasteiger partial charge on any atom is -0.497 e. The zero-order valence-corrected chi connectivity index (χ0v) is 17.5. The second kappa shape index (κ2) is 11.0. The largest absolute Gasteiger partial charge is 0.497 e. The first kappa shape index (κ1) is 22.2. The molecule has 0 heterocycles. The molecule has 0 saturated heterocycles. The molecule has 0 unspecified atom stereocenters. The fraction of sp³-hybridized carbons (Fsp3) is 0.286. The summed E-state index contributed by atoms with van der Waals surface area (Å²) < 4.78 is 10.3. The van der Waals surface area contributed by atoms with Gasteiger partial charge in [0.25, 0.3) is 5.91 Å². The number of rotatable bonds is 8. The minimum absolute atomic E-state index is 0.0353. The maximum absolute atomic E-state index is 12.5. The highest BCUT2D eigenvalue weighted by Crippen LogP contribution is 2.22. The molecule has 2 aromatic carbocycles. The van der Waals surface area contributed by atoms with Crippen LogP contribution >= 0.6 is 12.2 Å². The summed E-state index contributed by atoms with van der Waals surface area (Å²) in [5.41, 5.74) is 1.65. The number of carbonyl (C=O) groups is 2. The van der Waals surface area contributed by atoms with E-state index in [0.717, 1.165) is 12.8 Å². The number of hydrogen-bond acceptors (Lipinski definition) is 5. The molecule has 2 aromatic rings. The van der Waals surface area contributed by atoms with Gasteiger partial charge in [-0.3, -0.25) is 14.9 Å². The lowest BCUT2D eigenvalue weighted by Crippen LogP contribution is -2.34. The van der Waals surface area contributed by atoms with Gasteiger partial charge in [0.2, 0.25) is 5.91 Å². The van der Waals surface area contributed by atoms with Crippen LogP contribution < -0.4 is 25.4 Å². The Balaban J connectivity index is 1.99. The molecule has 7 nitrogen and oxygen atoms in total. The number of anilines is 2. The van der Waals surface area contributed by atoms with Crippen LogP contribution in [0.3, 0.4) is 0 Å². The number of thiocarbonyl (C=S) groups is 1. The van der Waals surface area contributed by atoms with Crippen molar-refractivity contribution in [3.05, 3.63) is 48.0 Å². The maximum atomic E-state index is 12.5. The third-order valence-corrected chi connectivity index (χ3v) is 4.21. The Morgan fingerprint density at radius 2 is 1.59 bits per heavy atom. The fourth-order valence-electron chi connectivity index (χ4n) is 2.51. The number of hydrogen-bond donors (Lipinski definition) is 3. The number of benzene rings is 2. The summed E-state index contributed by atoms with van der Waals surface area (Å²) in [4.78, 5) is 24.4. The van der Waals surface area contributed by atoms with E-state index in [4.69, 9.17) is 21.7 Å². The van der Waals surface area contributed by atoms with Crippen molar-refractivity contribution in [1.82, 2.24) is 5.32 Å². The smallest absolute Gasteiger partial charge is 0.257 e. The Morgan fingerprint density at radius 1 is 0.966 bits per heavy atom. The molecule has 0 aliphatic rings. The molecule has 0 spiro atoms. The standard InChI is InChI=1S/C21H25N3O4S/c1-4-5-9-19(25)22-15-7-6-8-16(12-15)23-21(29)24-20(26)14-10-17(27-2)13-18(11-14)28-3/h6-8,10-13H,4-5,9H2,1-3H3,(H,22,25)(H2,23,24,26,29). The lowest BCUT2D eigenvalue weighted by Gasteiger charge is -2.12. The van der Waals surface area contributed by atoms with Crippen molar-refractivity contribution in [2.75, 3.05) is 24.9 Å². The van der Waals surface area contributed by atoms with Crippen LogP contribution in [0.5, 0.6) is 11.5 Å². The van der Waals surface area contributed by atoms with Gasteiger partial charge in [0.1, 0.15) is 11.5 Å². The van der Waals surface area contributed by atoms with Gasteiger partial charge in [-0.05, 0) is 49.0 Å². The second-order valence-electron chi connectivity index (χ2n) is 6.24. The number of unbranched alkanes of at least 4 members (excludes halogenated alkanes) is 1. The molecule has 0 atom stereocenters. The number of nitrogens with one attached hydrogen (secondary N) is 3. The summed E-state index contributed by atoms with van der Waals surface area (Å²) in [6.45, 7) is 2.04. The number of ether oxygens (including phenoxy) is 2. The SMILES string of the molecule is CCCCC(=O)Nc1cccc(NC(=S)NC(=O)c2cc(OC)cc(OC)c2)c1. The molecule has 2 amide bonds. The van der Waals surface area contributed by atoms with Crippen molar-refractivity contribution < 1.29 is 19.1 Å². The molecule has 154 valence electrons. The highest BCUT2D eigenvalue weighted by molar-refractivity contribution is 7.80. The van der Waals surface area contributed by atoms with E-state index < -0.39 is 5.91 Å². The molecule has 0 bridgehead atoms. The van der Waals surface area contributed by atoms with Crippen LogP contribution in [0, 0.1) is 0 Å². The van der Waals surface area contributed by atoms with E-state index in [1.54, 1.807) is 42.5 Å². The normalized spacial score (nSPS) is 10.0. The molecular formula is C21H25N3O4S. The monoisotopic (exact) mass is 415 g/mol. The van der Waals surface area contributed by atoms with Crippen LogP contribution in [-0.4, -0.2) is 31.1 Å². The topological polar surface area (TPSA) is 88.7 Å². The van der Waals surface area contributed by atoms with Crippen LogP contribution in [0.2, 0.25) is 0 Å². The maximum Gasteiger partial charge on any atom is 0.257 e. The van der Waals surface area contributed by atoms with Gasteiger partial charge in [0.05, 0.1) is 14.2 Å². The van der Waals surface area contributed by atoms with Crippen LogP contribution in [0.25, 0.3) is 0 Å². The van der Waals surface area contributed by atoms with E-state index in [1.807, 2.05) is 6.92 Å². The summed E-state index contributed by atoms with van der Waals surface area (Å²) in [6.07, 6.45) is 2.28. The second-order valence-corrected chi connectivity index (χ2v) is 6.65. The molecule has 0 saturated carbocycles. The van der Waals surface area contributed by atoms with Crippen LogP contribution in [0.15, 0.2) is 42.5 Å². The van der Waals surface area contributed by atoms with E-state index in [1.165, 1.54) is 14.2 Å². The Labute approximate surface area is 175 Å². The molecule has 0 fully saturated rings. The van der Waals surface area contributed by atoms with Gasteiger partial charge in [-0.25, -0.2) is 0 Å². The molecule has 3 N–H and O–H groups in total. The lowest BCUT2D eigenvalue weighted by molar-refractivity contribution is -0.116. The third-order valence-electron chi connectivity index (χ3n) is 4.00. The molecule has 8 heteroatoms. The van der Waals surface area contributed by atoms with Crippen LogP contribution in [-0.2, 0) is 4.79 Å². The van der Waals surface area contributed by atoms with Gasteiger partial charge in [-0.1, -0.05) is 19.4 Å². The van der Waals surface area contributed by atoms with Gasteiger partial charge >= 0.3 is 0 Å². The Kier molecular flexibility index (Phi) is 8.42. The first-order valence-electron chi connectivity index (χ1n) is 9.20. The zero-order chi connectivity index (χ0) is 21.2. The van der Waals surface area contributed by atoms with Crippen molar-refractivity contribution in [1.29, 1.82) is 0 Å².